The Labute approximate surface area is 176 Å². The van der Waals surface area contributed by atoms with Crippen molar-refractivity contribution >= 4 is 15.6 Å². The Bertz CT molecular complexity index is 995. The Morgan fingerprint density at radius 3 is 2.70 bits per heavy atom. The second-order valence-corrected chi connectivity index (χ2v) is 9.86. The van der Waals surface area contributed by atoms with Gasteiger partial charge in [0.1, 0.15) is 24.3 Å². The normalized spacial score (nSPS) is 19.0. The number of aliphatic hydroxyl groups is 1. The fourth-order valence-electron chi connectivity index (χ4n) is 3.67. The number of rotatable bonds is 9. The molecule has 1 N–H and O–H groups in total. The molecule has 0 aliphatic carbocycles. The van der Waals surface area contributed by atoms with Crippen LogP contribution in [-0.4, -0.2) is 61.0 Å². The van der Waals surface area contributed by atoms with E-state index in [0.29, 0.717) is 29.8 Å². The number of carbonyl (C=O) groups excluding carboxylic acids is 1. The number of Topliss-reactive ketones (excluding diaryl/α,β-unsaturated/α-hetero) is 1. The van der Waals surface area contributed by atoms with E-state index in [1.165, 1.54) is 19.1 Å². The maximum Gasteiger partial charge on any atom is 0.163 e. The molecular weight excluding hydrogens is 409 g/mol. The molecule has 0 radical (unpaired) electrons. The Kier molecular flexibility index (Phi) is 7.23. The van der Waals surface area contributed by atoms with Crippen LogP contribution in [0.25, 0.3) is 0 Å². The van der Waals surface area contributed by atoms with Crippen LogP contribution in [0.5, 0.6) is 5.75 Å². The average Bonchev–Trinajstić information content (AvgIpc) is 3.06. The fourth-order valence-corrected chi connectivity index (χ4v) is 5.43. The second-order valence-electron chi connectivity index (χ2n) is 7.63. The van der Waals surface area contributed by atoms with Crippen molar-refractivity contribution in [1.82, 2.24) is 4.90 Å². The van der Waals surface area contributed by atoms with Crippen molar-refractivity contribution in [2.75, 3.05) is 24.7 Å². The summed E-state index contributed by atoms with van der Waals surface area (Å²) in [5.74, 6) is 0.0169. The van der Waals surface area contributed by atoms with Crippen molar-refractivity contribution in [3.05, 3.63) is 65.5 Å². The number of hydrogen-bond acceptors (Lipinski definition) is 6. The van der Waals surface area contributed by atoms with E-state index in [2.05, 4.69) is 0 Å². The number of nitrogens with zero attached hydrogens (tertiary/aromatic N) is 1. The molecule has 3 rings (SSSR count). The van der Waals surface area contributed by atoms with E-state index in [4.69, 9.17) is 4.74 Å². The number of sulfone groups is 1. The smallest absolute Gasteiger partial charge is 0.163 e. The number of para-hydroxylation sites is 1. The van der Waals surface area contributed by atoms with Gasteiger partial charge in [0.25, 0.3) is 0 Å². The van der Waals surface area contributed by atoms with Crippen molar-refractivity contribution in [1.29, 1.82) is 0 Å². The molecule has 1 heterocycles. The van der Waals surface area contributed by atoms with E-state index < -0.39 is 15.9 Å². The van der Waals surface area contributed by atoms with Gasteiger partial charge in [-0.05, 0) is 43.2 Å². The van der Waals surface area contributed by atoms with Crippen molar-refractivity contribution in [2.24, 2.45) is 0 Å². The van der Waals surface area contributed by atoms with Gasteiger partial charge in [0.15, 0.2) is 15.6 Å². The molecule has 0 saturated carbocycles. The van der Waals surface area contributed by atoms with Crippen molar-refractivity contribution in [3.8, 4) is 5.75 Å². The molecule has 0 amide bonds. The van der Waals surface area contributed by atoms with E-state index in [1.54, 1.807) is 36.4 Å². The van der Waals surface area contributed by atoms with Crippen molar-refractivity contribution in [2.45, 2.75) is 32.0 Å². The van der Waals surface area contributed by atoms with Crippen LogP contribution in [0, 0.1) is 5.82 Å². The molecule has 30 heavy (non-hydrogen) atoms. The lowest BCUT2D eigenvalue weighted by atomic mass is 10.1. The molecule has 1 aliphatic rings. The van der Waals surface area contributed by atoms with Crippen molar-refractivity contribution < 1.29 is 27.4 Å². The molecular formula is C22H26FNO5S. The van der Waals surface area contributed by atoms with E-state index in [-0.39, 0.29) is 42.3 Å². The number of ether oxygens (including phenoxy) is 1. The third-order valence-corrected chi connectivity index (χ3v) is 6.89. The van der Waals surface area contributed by atoms with Crippen LogP contribution in [-0.2, 0) is 16.4 Å². The number of carbonyl (C=O) groups is 1. The van der Waals surface area contributed by atoms with Gasteiger partial charge < -0.3 is 9.84 Å². The number of aliphatic hydroxyl groups excluding tert-OH is 1. The topological polar surface area (TPSA) is 83.9 Å². The van der Waals surface area contributed by atoms with Crippen LogP contribution in [0.4, 0.5) is 4.39 Å². The molecule has 2 unspecified atom stereocenters. The van der Waals surface area contributed by atoms with Gasteiger partial charge in [-0.3, -0.25) is 9.69 Å². The summed E-state index contributed by atoms with van der Waals surface area (Å²) in [4.78, 5) is 13.6. The van der Waals surface area contributed by atoms with E-state index in [0.717, 1.165) is 0 Å². The summed E-state index contributed by atoms with van der Waals surface area (Å²) in [6, 6.07) is 12.7. The van der Waals surface area contributed by atoms with Gasteiger partial charge in [0.05, 0.1) is 17.1 Å². The third kappa shape index (κ3) is 6.10. The molecule has 162 valence electrons. The summed E-state index contributed by atoms with van der Waals surface area (Å²) >= 11 is 0. The van der Waals surface area contributed by atoms with Gasteiger partial charge >= 0.3 is 0 Å². The summed E-state index contributed by atoms with van der Waals surface area (Å²) in [5, 5.41) is 10.6. The molecule has 0 spiro atoms. The minimum Gasteiger partial charge on any atom is -0.490 e. The predicted octanol–water partition coefficient (Wildman–Crippen LogP) is 2.46. The molecule has 2 aromatic carbocycles. The highest BCUT2D eigenvalue weighted by atomic mass is 32.2. The third-order valence-electron chi connectivity index (χ3n) is 5.14. The predicted molar refractivity (Wildman–Crippen MR) is 112 cm³/mol. The van der Waals surface area contributed by atoms with E-state index in [1.807, 2.05) is 4.90 Å². The number of hydrogen-bond donors (Lipinski definition) is 1. The molecule has 1 aliphatic heterocycles. The first-order valence-electron chi connectivity index (χ1n) is 9.83. The zero-order valence-corrected chi connectivity index (χ0v) is 17.6. The molecule has 0 bridgehead atoms. The van der Waals surface area contributed by atoms with E-state index in [9.17, 15) is 22.7 Å². The largest absolute Gasteiger partial charge is 0.490 e. The van der Waals surface area contributed by atoms with E-state index >= 15 is 0 Å². The van der Waals surface area contributed by atoms with Crippen LogP contribution in [0.15, 0.2) is 48.5 Å². The summed E-state index contributed by atoms with van der Waals surface area (Å²) < 4.78 is 43.1. The number of benzene rings is 2. The van der Waals surface area contributed by atoms with Gasteiger partial charge in [-0.15, -0.1) is 0 Å². The lowest BCUT2D eigenvalue weighted by Gasteiger charge is -2.30. The monoisotopic (exact) mass is 435 g/mol. The summed E-state index contributed by atoms with van der Waals surface area (Å²) in [6.07, 6.45) is -0.444. The Morgan fingerprint density at radius 1 is 1.27 bits per heavy atom. The second kappa shape index (κ2) is 9.68. The lowest BCUT2D eigenvalue weighted by molar-refractivity contribution is 0.0520. The van der Waals surface area contributed by atoms with Crippen LogP contribution in [0.2, 0.25) is 0 Å². The molecule has 2 aromatic rings. The highest BCUT2D eigenvalue weighted by Crippen LogP contribution is 2.22. The maximum atomic E-state index is 13.6. The quantitative estimate of drug-likeness (QED) is 0.609. The minimum absolute atomic E-state index is 0.0169. The molecule has 2 atom stereocenters. The first-order valence-corrected chi connectivity index (χ1v) is 11.7. The van der Waals surface area contributed by atoms with Gasteiger partial charge in [-0.1, -0.05) is 24.3 Å². The molecule has 6 nitrogen and oxygen atoms in total. The molecule has 1 fully saturated rings. The first kappa shape index (κ1) is 22.4. The van der Waals surface area contributed by atoms with Crippen LogP contribution in [0.3, 0.4) is 0 Å². The molecule has 8 heteroatoms. The highest BCUT2D eigenvalue weighted by Gasteiger charge is 2.33. The van der Waals surface area contributed by atoms with Gasteiger partial charge in [-0.25, -0.2) is 12.8 Å². The highest BCUT2D eigenvalue weighted by molar-refractivity contribution is 7.91. The Hall–Kier alpha value is -2.29. The van der Waals surface area contributed by atoms with Crippen LogP contribution < -0.4 is 4.74 Å². The fraction of sp³-hybridized carbons (Fsp3) is 0.409. The van der Waals surface area contributed by atoms with Crippen LogP contribution in [0.1, 0.15) is 29.3 Å². The SMILES string of the molecule is CC(=O)c1ccccc1OCC(O)CN(Cc1cccc(F)c1)C1CCS(=O)(=O)C1. The maximum absolute atomic E-state index is 13.6. The van der Waals surface area contributed by atoms with Crippen molar-refractivity contribution in [3.63, 3.8) is 0 Å². The summed E-state index contributed by atoms with van der Waals surface area (Å²) in [6.45, 7) is 1.88. The van der Waals surface area contributed by atoms with Gasteiger partial charge in [-0.2, -0.15) is 0 Å². The van der Waals surface area contributed by atoms with Gasteiger partial charge in [0, 0.05) is 19.1 Å². The first-order chi connectivity index (χ1) is 14.2. The summed E-state index contributed by atoms with van der Waals surface area (Å²) in [7, 11) is -3.11. The Balaban J connectivity index is 1.68. The zero-order valence-electron chi connectivity index (χ0n) is 16.8. The minimum atomic E-state index is -3.11. The lowest BCUT2D eigenvalue weighted by Crippen LogP contribution is -2.42. The number of halogens is 1. The summed E-state index contributed by atoms with van der Waals surface area (Å²) in [5.41, 5.74) is 1.14. The van der Waals surface area contributed by atoms with Crippen LogP contribution >= 0.6 is 0 Å². The molecule has 0 aromatic heterocycles. The molecule has 1 saturated heterocycles. The average molecular weight is 436 g/mol. The van der Waals surface area contributed by atoms with Gasteiger partial charge in [0.2, 0.25) is 0 Å². The zero-order chi connectivity index (χ0) is 21.7. The Morgan fingerprint density at radius 2 is 2.03 bits per heavy atom. The standard InChI is InChI=1S/C22H26FNO5S/c1-16(25)21-7-2-3-8-22(21)29-14-20(26)13-24(19-9-10-30(27,28)15-19)12-17-5-4-6-18(23)11-17/h2-8,11,19-20,26H,9-10,12-15H2,1H3. The number of ketones is 1.